The number of rotatable bonds is 7. The third-order valence-electron chi connectivity index (χ3n) is 3.63. The Bertz CT molecular complexity index is 509. The van der Waals surface area contributed by atoms with E-state index in [0.29, 0.717) is 17.1 Å². The Morgan fingerprint density at radius 2 is 1.74 bits per heavy atom. The predicted octanol–water partition coefficient (Wildman–Crippen LogP) is 2.37. The summed E-state index contributed by atoms with van der Waals surface area (Å²) in [5, 5.41) is 6.17. The van der Waals surface area contributed by atoms with E-state index in [4.69, 9.17) is 17.3 Å². The van der Waals surface area contributed by atoms with E-state index in [1.165, 1.54) is 0 Å². The summed E-state index contributed by atoms with van der Waals surface area (Å²) < 4.78 is 0. The van der Waals surface area contributed by atoms with Gasteiger partial charge in [0.25, 0.3) is 5.91 Å². The van der Waals surface area contributed by atoms with Crippen LogP contribution in [0.3, 0.4) is 0 Å². The number of nitrogens with two attached hydrogens (primary N) is 1. The maximum atomic E-state index is 12.3. The molecular formula is C16H25Cl2N3O2. The minimum absolute atomic E-state index is 0. The van der Waals surface area contributed by atoms with Crippen molar-refractivity contribution in [3.8, 4) is 0 Å². The SMILES string of the molecule is CCC(C)C(NC(=O)c1ccc(Cl)cc1)C(=O)N[C@@H](C)CN.Cl. The summed E-state index contributed by atoms with van der Waals surface area (Å²) in [7, 11) is 0. The molecule has 0 spiro atoms. The summed E-state index contributed by atoms with van der Waals surface area (Å²) in [6.07, 6.45) is 0.774. The highest BCUT2D eigenvalue weighted by molar-refractivity contribution is 6.30. The van der Waals surface area contributed by atoms with Crippen molar-refractivity contribution in [3.05, 3.63) is 34.9 Å². The molecule has 0 saturated carbocycles. The number of hydrogen-bond donors (Lipinski definition) is 3. The van der Waals surface area contributed by atoms with Gasteiger partial charge in [0.2, 0.25) is 5.91 Å². The summed E-state index contributed by atoms with van der Waals surface area (Å²) in [4.78, 5) is 24.6. The largest absolute Gasteiger partial charge is 0.351 e. The van der Waals surface area contributed by atoms with Gasteiger partial charge in [0.05, 0.1) is 0 Å². The quantitative estimate of drug-likeness (QED) is 0.696. The number of carbonyl (C=O) groups is 2. The van der Waals surface area contributed by atoms with Gasteiger partial charge in [0.1, 0.15) is 6.04 Å². The van der Waals surface area contributed by atoms with E-state index >= 15 is 0 Å². The molecule has 130 valence electrons. The topological polar surface area (TPSA) is 84.2 Å². The Balaban J connectivity index is 0.00000484. The van der Waals surface area contributed by atoms with Gasteiger partial charge in [-0.15, -0.1) is 12.4 Å². The average Bonchev–Trinajstić information content (AvgIpc) is 2.51. The second-order valence-electron chi connectivity index (χ2n) is 5.49. The lowest BCUT2D eigenvalue weighted by Crippen LogP contribution is -2.53. The van der Waals surface area contributed by atoms with Crippen molar-refractivity contribution in [1.29, 1.82) is 0 Å². The first-order valence-corrected chi connectivity index (χ1v) is 7.83. The van der Waals surface area contributed by atoms with E-state index in [0.717, 1.165) is 6.42 Å². The molecule has 0 aliphatic rings. The first kappa shape index (κ1) is 21.7. The first-order valence-electron chi connectivity index (χ1n) is 7.45. The van der Waals surface area contributed by atoms with Gasteiger partial charge in [0.15, 0.2) is 0 Å². The highest BCUT2D eigenvalue weighted by atomic mass is 35.5. The molecule has 5 nitrogen and oxygen atoms in total. The van der Waals surface area contributed by atoms with Crippen molar-refractivity contribution >= 4 is 35.8 Å². The number of amides is 2. The summed E-state index contributed by atoms with van der Waals surface area (Å²) in [5.74, 6) is -0.492. The van der Waals surface area contributed by atoms with E-state index in [1.54, 1.807) is 24.3 Å². The third kappa shape index (κ3) is 6.77. The molecule has 0 radical (unpaired) electrons. The third-order valence-corrected chi connectivity index (χ3v) is 3.88. The maximum absolute atomic E-state index is 12.3. The van der Waals surface area contributed by atoms with Crippen molar-refractivity contribution < 1.29 is 9.59 Å². The molecular weight excluding hydrogens is 337 g/mol. The highest BCUT2D eigenvalue weighted by Gasteiger charge is 2.26. The van der Waals surface area contributed by atoms with Crippen molar-refractivity contribution in [2.75, 3.05) is 6.54 Å². The Labute approximate surface area is 148 Å². The molecule has 0 saturated heterocycles. The second-order valence-corrected chi connectivity index (χ2v) is 5.93. The van der Waals surface area contributed by atoms with Crippen LogP contribution in [0.15, 0.2) is 24.3 Å². The molecule has 2 unspecified atom stereocenters. The summed E-state index contributed by atoms with van der Waals surface area (Å²) >= 11 is 5.81. The van der Waals surface area contributed by atoms with Crippen LogP contribution in [0.25, 0.3) is 0 Å². The monoisotopic (exact) mass is 361 g/mol. The van der Waals surface area contributed by atoms with Crippen molar-refractivity contribution in [1.82, 2.24) is 10.6 Å². The van der Waals surface area contributed by atoms with E-state index in [-0.39, 0.29) is 36.2 Å². The minimum Gasteiger partial charge on any atom is -0.351 e. The van der Waals surface area contributed by atoms with Gasteiger partial charge >= 0.3 is 0 Å². The van der Waals surface area contributed by atoms with Crippen molar-refractivity contribution in [2.24, 2.45) is 11.7 Å². The van der Waals surface area contributed by atoms with Gasteiger partial charge in [0, 0.05) is 23.2 Å². The average molecular weight is 362 g/mol. The van der Waals surface area contributed by atoms with Gasteiger partial charge in [-0.05, 0) is 37.1 Å². The van der Waals surface area contributed by atoms with E-state index in [2.05, 4.69) is 10.6 Å². The lowest BCUT2D eigenvalue weighted by molar-refractivity contribution is -0.124. The van der Waals surface area contributed by atoms with Gasteiger partial charge in [-0.1, -0.05) is 31.9 Å². The molecule has 4 N–H and O–H groups in total. The summed E-state index contributed by atoms with van der Waals surface area (Å²) in [6.45, 7) is 6.09. The minimum atomic E-state index is -0.595. The Kier molecular flexibility index (Phi) is 9.88. The first-order chi connectivity index (χ1) is 10.4. The van der Waals surface area contributed by atoms with Crippen LogP contribution in [0.4, 0.5) is 0 Å². The second kappa shape index (κ2) is 10.5. The van der Waals surface area contributed by atoms with E-state index in [1.807, 2.05) is 20.8 Å². The van der Waals surface area contributed by atoms with Crippen molar-refractivity contribution in [2.45, 2.75) is 39.3 Å². The molecule has 1 aromatic carbocycles. The number of nitrogens with one attached hydrogen (secondary N) is 2. The fraction of sp³-hybridized carbons (Fsp3) is 0.500. The fourth-order valence-electron chi connectivity index (χ4n) is 1.92. The Morgan fingerprint density at radius 1 is 1.17 bits per heavy atom. The highest BCUT2D eigenvalue weighted by Crippen LogP contribution is 2.12. The van der Waals surface area contributed by atoms with Gasteiger partial charge in [-0.25, -0.2) is 0 Å². The molecule has 0 aromatic heterocycles. The summed E-state index contributed by atoms with van der Waals surface area (Å²) in [6, 6.07) is 5.82. The number of hydrogen-bond acceptors (Lipinski definition) is 3. The van der Waals surface area contributed by atoms with E-state index < -0.39 is 6.04 Å². The normalized spacial score (nSPS) is 14.1. The molecule has 2 amide bonds. The number of benzene rings is 1. The van der Waals surface area contributed by atoms with Crippen LogP contribution in [0, 0.1) is 5.92 Å². The zero-order chi connectivity index (χ0) is 16.7. The van der Waals surface area contributed by atoms with Crippen LogP contribution in [-0.4, -0.2) is 30.4 Å². The molecule has 0 heterocycles. The van der Waals surface area contributed by atoms with E-state index in [9.17, 15) is 9.59 Å². The number of carbonyl (C=O) groups excluding carboxylic acids is 2. The smallest absolute Gasteiger partial charge is 0.251 e. The molecule has 0 fully saturated rings. The van der Waals surface area contributed by atoms with Gasteiger partial charge < -0.3 is 16.4 Å². The van der Waals surface area contributed by atoms with Crippen LogP contribution in [0.2, 0.25) is 5.02 Å². The summed E-state index contributed by atoms with van der Waals surface area (Å²) in [5.41, 5.74) is 5.99. The zero-order valence-corrected chi connectivity index (χ0v) is 15.2. The van der Waals surface area contributed by atoms with Crippen LogP contribution in [0.5, 0.6) is 0 Å². The van der Waals surface area contributed by atoms with Crippen molar-refractivity contribution in [3.63, 3.8) is 0 Å². The predicted molar refractivity (Wildman–Crippen MR) is 96.1 cm³/mol. The lowest BCUT2D eigenvalue weighted by atomic mass is 9.97. The maximum Gasteiger partial charge on any atom is 0.251 e. The molecule has 0 aliphatic carbocycles. The lowest BCUT2D eigenvalue weighted by Gasteiger charge is -2.25. The molecule has 1 aromatic rings. The molecule has 0 aliphatic heterocycles. The molecule has 7 heteroatoms. The van der Waals surface area contributed by atoms with Gasteiger partial charge in [-0.3, -0.25) is 9.59 Å². The molecule has 0 bridgehead atoms. The zero-order valence-electron chi connectivity index (χ0n) is 13.6. The Hall–Kier alpha value is -1.30. The Morgan fingerprint density at radius 3 is 2.22 bits per heavy atom. The molecule has 3 atom stereocenters. The van der Waals surface area contributed by atoms with Crippen LogP contribution in [-0.2, 0) is 4.79 Å². The van der Waals surface area contributed by atoms with Crippen LogP contribution in [0.1, 0.15) is 37.6 Å². The fourth-order valence-corrected chi connectivity index (χ4v) is 2.05. The van der Waals surface area contributed by atoms with Crippen LogP contribution >= 0.6 is 24.0 Å². The molecule has 1 rings (SSSR count). The van der Waals surface area contributed by atoms with Gasteiger partial charge in [-0.2, -0.15) is 0 Å². The molecule has 23 heavy (non-hydrogen) atoms. The number of halogens is 2. The standard InChI is InChI=1S/C16H24ClN3O2.ClH/c1-4-10(2)14(16(22)19-11(3)9-18)20-15(21)12-5-7-13(17)8-6-12;/h5-8,10-11,14H,4,9,18H2,1-3H3,(H,19,22)(H,20,21);1H/t10?,11-,14?;/m0./s1. The van der Waals surface area contributed by atoms with Crippen LogP contribution < -0.4 is 16.4 Å².